The van der Waals surface area contributed by atoms with Gasteiger partial charge in [-0.15, -0.1) is 0 Å². The van der Waals surface area contributed by atoms with Gasteiger partial charge in [0.2, 0.25) is 0 Å². The lowest BCUT2D eigenvalue weighted by atomic mass is 10.0. The number of carbonyl (C=O) groups is 1. The molecule has 0 spiro atoms. The van der Waals surface area contributed by atoms with Crippen LogP contribution in [-0.2, 0) is 17.7 Å². The minimum atomic E-state index is 0.00681. The summed E-state index contributed by atoms with van der Waals surface area (Å²) in [5.74, 6) is 0.517. The Bertz CT molecular complexity index is 1220. The third kappa shape index (κ3) is 4.69. The lowest BCUT2D eigenvalue weighted by Crippen LogP contribution is -2.35. The van der Waals surface area contributed by atoms with Crippen LogP contribution >= 0.6 is 0 Å². The van der Waals surface area contributed by atoms with Gasteiger partial charge in [0, 0.05) is 54.7 Å². The number of rotatable bonds is 6. The molecule has 7 nitrogen and oxygen atoms in total. The molecule has 1 fully saturated rings. The van der Waals surface area contributed by atoms with Gasteiger partial charge in [-0.3, -0.25) is 19.7 Å². The molecule has 3 heterocycles. The van der Waals surface area contributed by atoms with Crippen LogP contribution in [0.3, 0.4) is 0 Å². The molecule has 1 aliphatic heterocycles. The molecule has 0 saturated carbocycles. The van der Waals surface area contributed by atoms with Gasteiger partial charge in [0.15, 0.2) is 5.78 Å². The van der Waals surface area contributed by atoms with Gasteiger partial charge in [-0.2, -0.15) is 0 Å². The number of aromatic nitrogens is 4. The molecule has 0 bridgehead atoms. The number of nitrogens with zero attached hydrogens (tertiary/aromatic N) is 5. The Kier molecular flexibility index (Phi) is 5.91. The van der Waals surface area contributed by atoms with E-state index in [-0.39, 0.29) is 12.2 Å². The molecule has 0 aliphatic carbocycles. The van der Waals surface area contributed by atoms with E-state index < -0.39 is 0 Å². The molecule has 4 aromatic rings. The van der Waals surface area contributed by atoms with Crippen LogP contribution in [0.1, 0.15) is 21.7 Å². The van der Waals surface area contributed by atoms with E-state index in [9.17, 15) is 4.79 Å². The highest BCUT2D eigenvalue weighted by molar-refractivity contribution is 5.97. The number of benzene rings is 2. The van der Waals surface area contributed by atoms with Gasteiger partial charge in [0.1, 0.15) is 5.82 Å². The first-order valence-corrected chi connectivity index (χ1v) is 10.7. The minimum Gasteiger partial charge on any atom is -0.379 e. The Morgan fingerprint density at radius 3 is 2.59 bits per heavy atom. The topological polar surface area (TPSA) is 81.1 Å². The summed E-state index contributed by atoms with van der Waals surface area (Å²) in [6.45, 7) is 4.32. The number of hydrogen-bond acceptors (Lipinski definition) is 7. The zero-order valence-electron chi connectivity index (χ0n) is 17.6. The molecule has 0 radical (unpaired) electrons. The first kappa shape index (κ1) is 20.4. The average molecular weight is 425 g/mol. The van der Waals surface area contributed by atoms with Crippen LogP contribution in [-0.4, -0.2) is 56.9 Å². The number of hydrogen-bond donors (Lipinski definition) is 0. The second kappa shape index (κ2) is 9.30. The van der Waals surface area contributed by atoms with Crippen LogP contribution in [0.2, 0.25) is 0 Å². The Hall–Kier alpha value is -3.55. The molecule has 0 amide bonds. The van der Waals surface area contributed by atoms with Crippen LogP contribution in [0.4, 0.5) is 0 Å². The van der Waals surface area contributed by atoms with Crippen molar-refractivity contribution >= 4 is 16.7 Å². The first-order chi connectivity index (χ1) is 15.7. The molecule has 0 N–H and O–H groups in total. The zero-order chi connectivity index (χ0) is 21.8. The summed E-state index contributed by atoms with van der Waals surface area (Å²) in [6.07, 6.45) is 6.95. The first-order valence-electron chi connectivity index (χ1n) is 10.7. The summed E-state index contributed by atoms with van der Waals surface area (Å²) < 4.78 is 5.40. The Balaban J connectivity index is 1.29. The smallest absolute Gasteiger partial charge is 0.170 e. The van der Waals surface area contributed by atoms with Crippen LogP contribution < -0.4 is 0 Å². The molecule has 1 aliphatic rings. The predicted octanol–water partition coefficient (Wildman–Crippen LogP) is 3.34. The van der Waals surface area contributed by atoms with E-state index >= 15 is 0 Å². The molecule has 1 saturated heterocycles. The SMILES string of the molecule is O=C(Cc1ncc2ccc(-c3cnccn3)cc2n1)c1ccc(CN2CCOCC2)cc1. The van der Waals surface area contributed by atoms with Crippen molar-refractivity contribution in [3.05, 3.63) is 84.2 Å². The predicted molar refractivity (Wildman–Crippen MR) is 121 cm³/mol. The Morgan fingerprint density at radius 1 is 0.969 bits per heavy atom. The van der Waals surface area contributed by atoms with Crippen LogP contribution in [0, 0.1) is 0 Å². The van der Waals surface area contributed by atoms with Crippen molar-refractivity contribution in [2.75, 3.05) is 26.3 Å². The van der Waals surface area contributed by atoms with E-state index in [0.29, 0.717) is 11.4 Å². The molecule has 7 heteroatoms. The fourth-order valence-electron chi connectivity index (χ4n) is 3.81. The van der Waals surface area contributed by atoms with Gasteiger partial charge in [-0.25, -0.2) is 9.97 Å². The molecule has 0 atom stereocenters. The van der Waals surface area contributed by atoms with Crippen molar-refractivity contribution in [3.8, 4) is 11.3 Å². The molecule has 0 unspecified atom stereocenters. The van der Waals surface area contributed by atoms with Crippen molar-refractivity contribution in [2.24, 2.45) is 0 Å². The summed E-state index contributed by atoms with van der Waals surface area (Å²) in [7, 11) is 0. The van der Waals surface area contributed by atoms with Gasteiger partial charge in [0.05, 0.1) is 37.0 Å². The molecular weight excluding hydrogens is 402 g/mol. The third-order valence-electron chi connectivity index (χ3n) is 5.60. The number of fused-ring (bicyclic) bond motifs is 1. The maximum absolute atomic E-state index is 12.8. The molecular formula is C25H23N5O2. The van der Waals surface area contributed by atoms with E-state index in [1.54, 1.807) is 24.8 Å². The van der Waals surface area contributed by atoms with Crippen molar-refractivity contribution < 1.29 is 9.53 Å². The molecule has 5 rings (SSSR count). The summed E-state index contributed by atoms with van der Waals surface area (Å²) in [4.78, 5) is 32.7. The third-order valence-corrected chi connectivity index (χ3v) is 5.60. The van der Waals surface area contributed by atoms with Gasteiger partial charge in [-0.1, -0.05) is 36.4 Å². The maximum Gasteiger partial charge on any atom is 0.170 e. The zero-order valence-corrected chi connectivity index (χ0v) is 17.6. The lowest BCUT2D eigenvalue weighted by Gasteiger charge is -2.26. The second-order valence-corrected chi connectivity index (χ2v) is 7.84. The summed E-state index contributed by atoms with van der Waals surface area (Å²) in [6, 6.07) is 13.7. The van der Waals surface area contributed by atoms with Gasteiger partial charge in [0.25, 0.3) is 0 Å². The van der Waals surface area contributed by atoms with E-state index in [2.05, 4.69) is 24.8 Å². The Labute approximate surface area is 186 Å². The lowest BCUT2D eigenvalue weighted by molar-refractivity contribution is 0.0342. The molecule has 32 heavy (non-hydrogen) atoms. The minimum absolute atomic E-state index is 0.00681. The molecule has 2 aromatic heterocycles. The van der Waals surface area contributed by atoms with Crippen LogP contribution in [0.5, 0.6) is 0 Å². The summed E-state index contributed by atoms with van der Waals surface area (Å²) >= 11 is 0. The summed E-state index contributed by atoms with van der Waals surface area (Å²) in [5, 5.41) is 0.918. The number of carbonyl (C=O) groups excluding carboxylic acids is 1. The number of Topliss-reactive ketones (excluding diaryl/α,β-unsaturated/α-hetero) is 1. The van der Waals surface area contributed by atoms with Crippen molar-refractivity contribution in [2.45, 2.75) is 13.0 Å². The largest absolute Gasteiger partial charge is 0.379 e. The molecule has 2 aromatic carbocycles. The molecule has 160 valence electrons. The summed E-state index contributed by atoms with van der Waals surface area (Å²) in [5.41, 5.74) is 4.36. The average Bonchev–Trinajstić information content (AvgIpc) is 2.85. The fourth-order valence-corrected chi connectivity index (χ4v) is 3.81. The van der Waals surface area contributed by atoms with Crippen LogP contribution in [0.15, 0.2) is 67.3 Å². The second-order valence-electron chi connectivity index (χ2n) is 7.84. The number of morpholine rings is 1. The van der Waals surface area contributed by atoms with E-state index in [4.69, 9.17) is 4.74 Å². The van der Waals surface area contributed by atoms with Gasteiger partial charge < -0.3 is 4.74 Å². The number of ether oxygens (including phenoxy) is 1. The highest BCUT2D eigenvalue weighted by Gasteiger charge is 2.13. The van der Waals surface area contributed by atoms with Crippen LogP contribution in [0.25, 0.3) is 22.2 Å². The van der Waals surface area contributed by atoms with E-state index in [1.165, 1.54) is 5.56 Å². The van der Waals surface area contributed by atoms with Gasteiger partial charge in [-0.05, 0) is 11.6 Å². The van der Waals surface area contributed by atoms with Gasteiger partial charge >= 0.3 is 0 Å². The van der Waals surface area contributed by atoms with E-state index in [0.717, 1.165) is 55.0 Å². The maximum atomic E-state index is 12.8. The van der Waals surface area contributed by atoms with Crippen molar-refractivity contribution in [1.82, 2.24) is 24.8 Å². The monoisotopic (exact) mass is 425 g/mol. The quantitative estimate of drug-likeness (QED) is 0.438. The fraction of sp³-hybridized carbons (Fsp3) is 0.240. The van der Waals surface area contributed by atoms with Crippen molar-refractivity contribution in [1.29, 1.82) is 0 Å². The highest BCUT2D eigenvalue weighted by atomic mass is 16.5. The standard InChI is InChI=1S/C25H23N5O2/c31-24(19-3-1-18(2-4-19)17-30-9-11-32-12-10-30)14-25-28-15-21-6-5-20(13-22(21)29-25)23-16-26-7-8-27-23/h1-8,13,15-16H,9-12,14,17H2. The van der Waals surface area contributed by atoms with E-state index in [1.807, 2.05) is 42.5 Å². The van der Waals surface area contributed by atoms with Crippen molar-refractivity contribution in [3.63, 3.8) is 0 Å². The Morgan fingerprint density at radius 2 is 1.81 bits per heavy atom. The number of ketones is 1. The highest BCUT2D eigenvalue weighted by Crippen LogP contribution is 2.21. The normalized spacial score (nSPS) is 14.5.